The molecular weight excluding hydrogens is 174 g/mol. The van der Waals surface area contributed by atoms with Gasteiger partial charge in [0.15, 0.2) is 0 Å². The zero-order chi connectivity index (χ0) is 8.97. The van der Waals surface area contributed by atoms with Crippen LogP contribution in [-0.4, -0.2) is 31.7 Å². The van der Waals surface area contributed by atoms with Crippen LogP contribution in [-0.2, 0) is 12.8 Å². The molecule has 1 rings (SSSR count). The molecule has 1 aromatic heterocycles. The van der Waals surface area contributed by atoms with Crippen LogP contribution in [0.5, 0.6) is 0 Å². The summed E-state index contributed by atoms with van der Waals surface area (Å²) >= 11 is 1.67. The van der Waals surface area contributed by atoms with Crippen LogP contribution in [0.25, 0.3) is 0 Å². The van der Waals surface area contributed by atoms with E-state index in [4.69, 9.17) is 5.11 Å². The molecule has 0 saturated carbocycles. The molecule has 12 heavy (non-hydrogen) atoms. The second kappa shape index (κ2) is 4.47. The van der Waals surface area contributed by atoms with Crippen LogP contribution in [0.2, 0.25) is 0 Å². The molecule has 68 valence electrons. The number of hydrogen-bond donors (Lipinski definition) is 1. The molecule has 4 nitrogen and oxygen atoms in total. The van der Waals surface area contributed by atoms with E-state index in [9.17, 15) is 0 Å². The average Bonchev–Trinajstić information content (AvgIpc) is 2.47. The second-order valence-corrected chi connectivity index (χ2v) is 4.09. The maximum Gasteiger partial charge on any atom is 0.142 e. The lowest BCUT2D eigenvalue weighted by Gasteiger charge is -2.05. The molecule has 0 fully saturated rings. The Labute approximate surface area is 76.0 Å². The predicted molar refractivity (Wildman–Crippen MR) is 48.8 cm³/mol. The Hall–Kier alpha value is -0.550. The van der Waals surface area contributed by atoms with Crippen molar-refractivity contribution in [2.24, 2.45) is 7.05 Å². The summed E-state index contributed by atoms with van der Waals surface area (Å²) in [5, 5.41) is 16.7. The maximum absolute atomic E-state index is 8.77. The minimum absolute atomic E-state index is 0.211. The van der Waals surface area contributed by atoms with Gasteiger partial charge in [-0.2, -0.15) is 0 Å². The molecule has 1 unspecified atom stereocenters. The smallest absolute Gasteiger partial charge is 0.142 e. The highest BCUT2D eigenvalue weighted by Gasteiger charge is 2.04. The van der Waals surface area contributed by atoms with Gasteiger partial charge in [0.1, 0.15) is 12.2 Å². The first kappa shape index (κ1) is 9.54. The Morgan fingerprint density at radius 3 is 3.00 bits per heavy atom. The van der Waals surface area contributed by atoms with E-state index in [1.54, 1.807) is 18.1 Å². The van der Waals surface area contributed by atoms with E-state index in [2.05, 4.69) is 10.2 Å². The van der Waals surface area contributed by atoms with E-state index in [1.165, 1.54) is 0 Å². The molecule has 1 atom stereocenters. The molecule has 0 spiro atoms. The van der Waals surface area contributed by atoms with Gasteiger partial charge in [-0.1, -0.05) is 6.92 Å². The largest absolute Gasteiger partial charge is 0.395 e. The van der Waals surface area contributed by atoms with Crippen LogP contribution in [0.3, 0.4) is 0 Å². The zero-order valence-electron chi connectivity index (χ0n) is 7.27. The summed E-state index contributed by atoms with van der Waals surface area (Å²) in [6.45, 7) is 2.20. The fraction of sp³-hybridized carbons (Fsp3) is 0.714. The second-order valence-electron chi connectivity index (χ2n) is 2.66. The van der Waals surface area contributed by atoms with E-state index in [0.717, 1.165) is 11.6 Å². The van der Waals surface area contributed by atoms with Gasteiger partial charge in [0.25, 0.3) is 0 Å². The predicted octanol–water partition coefficient (Wildman–Crippen LogP) is 0.429. The standard InChI is InChI=1S/C7H13N3OS/c1-6(3-11)12-4-7-9-8-5-10(7)2/h5-6,11H,3-4H2,1-2H3. The summed E-state index contributed by atoms with van der Waals surface area (Å²) in [6.07, 6.45) is 1.68. The van der Waals surface area contributed by atoms with Crippen LogP contribution in [0, 0.1) is 0 Å². The number of hydrogen-bond acceptors (Lipinski definition) is 4. The minimum atomic E-state index is 0.211. The number of nitrogens with zero attached hydrogens (tertiary/aromatic N) is 3. The van der Waals surface area contributed by atoms with E-state index < -0.39 is 0 Å². The molecule has 0 aromatic carbocycles. The molecule has 0 aliphatic carbocycles. The number of aliphatic hydroxyl groups is 1. The van der Waals surface area contributed by atoms with Crippen molar-refractivity contribution < 1.29 is 5.11 Å². The Morgan fingerprint density at radius 2 is 2.50 bits per heavy atom. The normalized spacial score (nSPS) is 13.2. The van der Waals surface area contributed by atoms with Crippen molar-refractivity contribution in [3.8, 4) is 0 Å². The fourth-order valence-electron chi connectivity index (χ4n) is 0.707. The summed E-state index contributed by atoms with van der Waals surface area (Å²) in [6, 6.07) is 0. The molecule has 1 aromatic rings. The first-order valence-electron chi connectivity index (χ1n) is 3.79. The molecule has 0 bridgehead atoms. The average molecular weight is 187 g/mol. The topological polar surface area (TPSA) is 50.9 Å². The van der Waals surface area contributed by atoms with Gasteiger partial charge in [0.2, 0.25) is 0 Å². The Balaban J connectivity index is 2.38. The molecule has 5 heteroatoms. The molecule has 1 N–H and O–H groups in total. The third kappa shape index (κ3) is 2.49. The lowest BCUT2D eigenvalue weighted by Crippen LogP contribution is -2.04. The van der Waals surface area contributed by atoms with Gasteiger partial charge in [-0.3, -0.25) is 0 Å². The summed E-state index contributed by atoms with van der Waals surface area (Å²) in [5.74, 6) is 1.75. The highest BCUT2D eigenvalue weighted by Crippen LogP contribution is 2.14. The van der Waals surface area contributed by atoms with Gasteiger partial charge >= 0.3 is 0 Å². The summed E-state index contributed by atoms with van der Waals surface area (Å²) < 4.78 is 1.89. The molecule has 1 heterocycles. The van der Waals surface area contributed by atoms with Crippen molar-refractivity contribution >= 4 is 11.8 Å². The van der Waals surface area contributed by atoms with Crippen molar-refractivity contribution in [1.82, 2.24) is 14.8 Å². The lowest BCUT2D eigenvalue weighted by molar-refractivity contribution is 0.300. The number of aliphatic hydroxyl groups excluding tert-OH is 1. The van der Waals surface area contributed by atoms with Crippen molar-refractivity contribution in [3.05, 3.63) is 12.2 Å². The van der Waals surface area contributed by atoms with Crippen LogP contribution >= 0.6 is 11.8 Å². The van der Waals surface area contributed by atoms with Crippen molar-refractivity contribution in [3.63, 3.8) is 0 Å². The summed E-state index contributed by atoms with van der Waals surface area (Å²) in [5.41, 5.74) is 0. The molecular formula is C7H13N3OS. The van der Waals surface area contributed by atoms with Crippen LogP contribution in [0.15, 0.2) is 6.33 Å². The Bertz CT molecular complexity index is 238. The van der Waals surface area contributed by atoms with Crippen LogP contribution in [0.4, 0.5) is 0 Å². The van der Waals surface area contributed by atoms with Crippen molar-refractivity contribution in [1.29, 1.82) is 0 Å². The van der Waals surface area contributed by atoms with Gasteiger partial charge < -0.3 is 9.67 Å². The molecule has 0 aliphatic rings. The van der Waals surface area contributed by atoms with Crippen LogP contribution in [0.1, 0.15) is 12.7 Å². The van der Waals surface area contributed by atoms with E-state index in [0.29, 0.717) is 0 Å². The van der Waals surface area contributed by atoms with Gasteiger partial charge in [-0.25, -0.2) is 0 Å². The van der Waals surface area contributed by atoms with E-state index >= 15 is 0 Å². The molecule has 0 aliphatic heterocycles. The zero-order valence-corrected chi connectivity index (χ0v) is 8.08. The van der Waals surface area contributed by atoms with Gasteiger partial charge in [0, 0.05) is 12.3 Å². The summed E-state index contributed by atoms with van der Waals surface area (Å²) in [4.78, 5) is 0. The first-order chi connectivity index (χ1) is 5.74. The third-order valence-corrected chi connectivity index (χ3v) is 2.70. The number of aromatic nitrogens is 3. The monoisotopic (exact) mass is 187 g/mol. The quantitative estimate of drug-likeness (QED) is 0.742. The first-order valence-corrected chi connectivity index (χ1v) is 4.84. The number of rotatable bonds is 4. The SMILES string of the molecule is CC(CO)SCc1nncn1C. The lowest BCUT2D eigenvalue weighted by atomic mass is 10.5. The molecule has 0 saturated heterocycles. The van der Waals surface area contributed by atoms with E-state index in [-0.39, 0.29) is 11.9 Å². The highest BCUT2D eigenvalue weighted by molar-refractivity contribution is 7.99. The van der Waals surface area contributed by atoms with Crippen molar-refractivity contribution in [2.75, 3.05) is 6.61 Å². The molecule has 0 radical (unpaired) electrons. The van der Waals surface area contributed by atoms with Crippen molar-refractivity contribution in [2.45, 2.75) is 17.9 Å². The maximum atomic E-state index is 8.77. The fourth-order valence-corrected chi connectivity index (χ4v) is 1.51. The van der Waals surface area contributed by atoms with Crippen LogP contribution < -0.4 is 0 Å². The minimum Gasteiger partial charge on any atom is -0.395 e. The highest BCUT2D eigenvalue weighted by atomic mass is 32.2. The van der Waals surface area contributed by atoms with Gasteiger partial charge in [-0.15, -0.1) is 22.0 Å². The third-order valence-electron chi connectivity index (χ3n) is 1.56. The number of aryl methyl sites for hydroxylation is 1. The van der Waals surface area contributed by atoms with E-state index in [1.807, 2.05) is 18.5 Å². The van der Waals surface area contributed by atoms with Gasteiger partial charge in [0.05, 0.1) is 12.4 Å². The Morgan fingerprint density at radius 1 is 1.75 bits per heavy atom. The molecule has 0 amide bonds. The van der Waals surface area contributed by atoms with Gasteiger partial charge in [-0.05, 0) is 0 Å². The summed E-state index contributed by atoms with van der Waals surface area (Å²) in [7, 11) is 1.92. The Kier molecular flexibility index (Phi) is 3.55. The number of thioether (sulfide) groups is 1.